The van der Waals surface area contributed by atoms with Gasteiger partial charge < -0.3 is 10.6 Å². The molecule has 0 bridgehead atoms. The molecular weight excluding hydrogens is 305 g/mol. The number of hydrogen-bond acceptors (Lipinski definition) is 2. The van der Waals surface area contributed by atoms with E-state index in [2.05, 4.69) is 10.6 Å². The number of rotatable bonds is 5. The Balaban J connectivity index is 2.77. The van der Waals surface area contributed by atoms with Gasteiger partial charge in [-0.15, -0.1) is 0 Å². The molecule has 3 nitrogen and oxygen atoms in total. The normalized spacial score (nSPS) is 13.1. The molecule has 118 valence electrons. The van der Waals surface area contributed by atoms with Crippen molar-refractivity contribution in [2.75, 3.05) is 11.9 Å². The standard InChI is InChI=1S/C14H18ClF3N2O/c1-8(2)7-19-13(21)9(3)20-10-4-5-12(15)11(6-10)14(16,17)18/h4-6,8-9,20H,7H2,1-3H3,(H,19,21). The Kier molecular flexibility index (Phi) is 5.89. The topological polar surface area (TPSA) is 41.1 Å². The van der Waals surface area contributed by atoms with E-state index in [9.17, 15) is 18.0 Å². The van der Waals surface area contributed by atoms with E-state index in [0.29, 0.717) is 12.5 Å². The molecule has 1 aromatic rings. The van der Waals surface area contributed by atoms with E-state index in [1.54, 1.807) is 6.92 Å². The smallest absolute Gasteiger partial charge is 0.374 e. The van der Waals surface area contributed by atoms with Crippen LogP contribution in [0.3, 0.4) is 0 Å². The summed E-state index contributed by atoms with van der Waals surface area (Å²) in [7, 11) is 0. The quantitative estimate of drug-likeness (QED) is 0.862. The van der Waals surface area contributed by atoms with Crippen LogP contribution in [0.5, 0.6) is 0 Å². The van der Waals surface area contributed by atoms with Crippen LogP contribution in [0.25, 0.3) is 0 Å². The Labute approximate surface area is 126 Å². The SMILES string of the molecule is CC(C)CNC(=O)C(C)Nc1ccc(Cl)c(C(F)(F)F)c1. The van der Waals surface area contributed by atoms with E-state index in [1.807, 2.05) is 13.8 Å². The van der Waals surface area contributed by atoms with E-state index < -0.39 is 17.8 Å². The average molecular weight is 323 g/mol. The van der Waals surface area contributed by atoms with Gasteiger partial charge in [-0.05, 0) is 31.0 Å². The number of hydrogen-bond donors (Lipinski definition) is 2. The average Bonchev–Trinajstić information content (AvgIpc) is 2.36. The number of anilines is 1. The van der Waals surface area contributed by atoms with Gasteiger partial charge in [0.2, 0.25) is 5.91 Å². The van der Waals surface area contributed by atoms with Crippen molar-refractivity contribution < 1.29 is 18.0 Å². The van der Waals surface area contributed by atoms with Crippen LogP contribution in [-0.4, -0.2) is 18.5 Å². The Morgan fingerprint density at radius 3 is 2.43 bits per heavy atom. The molecule has 0 aliphatic carbocycles. The summed E-state index contributed by atoms with van der Waals surface area (Å²) in [5.41, 5.74) is -0.733. The highest BCUT2D eigenvalue weighted by Crippen LogP contribution is 2.36. The third-order valence-corrected chi connectivity index (χ3v) is 3.06. The molecule has 0 radical (unpaired) electrons. The van der Waals surface area contributed by atoms with Crippen LogP contribution in [-0.2, 0) is 11.0 Å². The number of halogens is 4. The Morgan fingerprint density at radius 2 is 1.90 bits per heavy atom. The summed E-state index contributed by atoms with van der Waals surface area (Å²) >= 11 is 5.54. The maximum atomic E-state index is 12.7. The first-order valence-electron chi connectivity index (χ1n) is 6.52. The number of benzene rings is 1. The molecule has 0 aromatic heterocycles. The zero-order valence-corrected chi connectivity index (χ0v) is 12.8. The first-order valence-corrected chi connectivity index (χ1v) is 6.90. The summed E-state index contributed by atoms with van der Waals surface area (Å²) in [6.07, 6.45) is -4.53. The van der Waals surface area contributed by atoms with Crippen molar-refractivity contribution in [1.82, 2.24) is 5.32 Å². The van der Waals surface area contributed by atoms with Gasteiger partial charge >= 0.3 is 6.18 Å². The minimum absolute atomic E-state index is 0.193. The van der Waals surface area contributed by atoms with E-state index in [4.69, 9.17) is 11.6 Å². The molecule has 2 N–H and O–H groups in total. The molecule has 1 aromatic carbocycles. The fourth-order valence-corrected chi connectivity index (χ4v) is 1.83. The second-order valence-corrected chi connectivity index (χ2v) is 5.60. The number of alkyl halides is 3. The number of carbonyl (C=O) groups excluding carboxylic acids is 1. The summed E-state index contributed by atoms with van der Waals surface area (Å²) in [5, 5.41) is 5.07. The minimum atomic E-state index is -4.53. The maximum Gasteiger partial charge on any atom is 0.417 e. The summed E-state index contributed by atoms with van der Waals surface area (Å²) in [6, 6.07) is 2.81. The van der Waals surface area contributed by atoms with Crippen molar-refractivity contribution in [3.8, 4) is 0 Å². The van der Waals surface area contributed by atoms with Crippen LogP contribution in [0, 0.1) is 5.92 Å². The number of nitrogens with one attached hydrogen (secondary N) is 2. The molecule has 0 fully saturated rings. The zero-order valence-electron chi connectivity index (χ0n) is 12.0. The lowest BCUT2D eigenvalue weighted by Gasteiger charge is -2.17. The zero-order chi connectivity index (χ0) is 16.2. The van der Waals surface area contributed by atoms with Gasteiger partial charge in [-0.25, -0.2) is 0 Å². The minimum Gasteiger partial charge on any atom is -0.374 e. The van der Waals surface area contributed by atoms with Gasteiger partial charge in [-0.2, -0.15) is 13.2 Å². The lowest BCUT2D eigenvalue weighted by molar-refractivity contribution is -0.137. The van der Waals surface area contributed by atoms with Crippen molar-refractivity contribution >= 4 is 23.2 Å². The van der Waals surface area contributed by atoms with Gasteiger partial charge in [0.15, 0.2) is 0 Å². The molecule has 1 unspecified atom stereocenters. The van der Waals surface area contributed by atoms with Crippen molar-refractivity contribution in [2.24, 2.45) is 5.92 Å². The van der Waals surface area contributed by atoms with Crippen molar-refractivity contribution in [3.05, 3.63) is 28.8 Å². The monoisotopic (exact) mass is 322 g/mol. The van der Waals surface area contributed by atoms with Crippen LogP contribution >= 0.6 is 11.6 Å². The van der Waals surface area contributed by atoms with Crippen molar-refractivity contribution in [1.29, 1.82) is 0 Å². The molecule has 0 aliphatic rings. The third kappa shape index (κ3) is 5.46. The summed E-state index contributed by atoms with van der Waals surface area (Å²) < 4.78 is 38.2. The Hall–Kier alpha value is -1.43. The molecule has 1 rings (SSSR count). The van der Waals surface area contributed by atoms with Gasteiger partial charge in [0.05, 0.1) is 10.6 Å². The molecule has 0 heterocycles. The van der Waals surface area contributed by atoms with E-state index in [-0.39, 0.29) is 16.6 Å². The van der Waals surface area contributed by atoms with E-state index >= 15 is 0 Å². The molecule has 0 spiro atoms. The van der Waals surface area contributed by atoms with Crippen LogP contribution in [0.15, 0.2) is 18.2 Å². The van der Waals surface area contributed by atoms with E-state index in [0.717, 1.165) is 12.1 Å². The van der Waals surface area contributed by atoms with Crippen LogP contribution in [0.1, 0.15) is 26.3 Å². The second kappa shape index (κ2) is 7.02. The van der Waals surface area contributed by atoms with Gasteiger partial charge in [-0.1, -0.05) is 25.4 Å². The number of carbonyl (C=O) groups is 1. The summed E-state index contributed by atoms with van der Waals surface area (Å²) in [4.78, 5) is 11.8. The van der Waals surface area contributed by atoms with Gasteiger partial charge in [0.25, 0.3) is 0 Å². The Morgan fingerprint density at radius 1 is 1.29 bits per heavy atom. The largest absolute Gasteiger partial charge is 0.417 e. The summed E-state index contributed by atoms with van der Waals surface area (Å²) in [6.45, 7) is 6.00. The highest BCUT2D eigenvalue weighted by Gasteiger charge is 2.33. The van der Waals surface area contributed by atoms with Crippen LogP contribution in [0.4, 0.5) is 18.9 Å². The predicted octanol–water partition coefficient (Wildman–Crippen LogP) is 3.93. The van der Waals surface area contributed by atoms with Gasteiger partial charge in [0, 0.05) is 12.2 Å². The molecule has 1 amide bonds. The predicted molar refractivity (Wildman–Crippen MR) is 77.4 cm³/mol. The molecule has 7 heteroatoms. The second-order valence-electron chi connectivity index (χ2n) is 5.20. The van der Waals surface area contributed by atoms with Gasteiger partial charge in [0.1, 0.15) is 6.04 Å². The Bertz CT molecular complexity index is 503. The van der Waals surface area contributed by atoms with Crippen molar-refractivity contribution in [2.45, 2.75) is 33.0 Å². The number of amides is 1. The van der Waals surface area contributed by atoms with Gasteiger partial charge in [-0.3, -0.25) is 4.79 Å². The first-order chi connectivity index (χ1) is 9.61. The molecule has 21 heavy (non-hydrogen) atoms. The highest BCUT2D eigenvalue weighted by atomic mass is 35.5. The van der Waals surface area contributed by atoms with Crippen LogP contribution in [0.2, 0.25) is 5.02 Å². The molecule has 0 saturated carbocycles. The fourth-order valence-electron chi connectivity index (χ4n) is 1.61. The summed E-state index contributed by atoms with van der Waals surface area (Å²) in [5.74, 6) is 0.0284. The lowest BCUT2D eigenvalue weighted by Crippen LogP contribution is -2.39. The molecular formula is C14H18ClF3N2O. The van der Waals surface area contributed by atoms with Crippen molar-refractivity contribution in [3.63, 3.8) is 0 Å². The fraction of sp³-hybridized carbons (Fsp3) is 0.500. The van der Waals surface area contributed by atoms with E-state index in [1.165, 1.54) is 6.07 Å². The molecule has 1 atom stereocenters. The lowest BCUT2D eigenvalue weighted by atomic mass is 10.1. The third-order valence-electron chi connectivity index (χ3n) is 2.73. The maximum absolute atomic E-state index is 12.7. The molecule has 0 saturated heterocycles. The van der Waals surface area contributed by atoms with Crippen LogP contribution < -0.4 is 10.6 Å². The highest BCUT2D eigenvalue weighted by molar-refractivity contribution is 6.31. The molecule has 0 aliphatic heterocycles. The first kappa shape index (κ1) is 17.6.